The second-order valence-corrected chi connectivity index (χ2v) is 7.13. The highest BCUT2D eigenvalue weighted by Gasteiger charge is 2.21. The van der Waals surface area contributed by atoms with Crippen LogP contribution < -0.4 is 24.7 Å². The lowest BCUT2D eigenvalue weighted by Crippen LogP contribution is -2.48. The highest BCUT2D eigenvalue weighted by molar-refractivity contribution is 5.89. The molecule has 158 valence electrons. The highest BCUT2D eigenvalue weighted by Crippen LogP contribution is 2.33. The molecule has 1 fully saturated rings. The first-order chi connectivity index (χ1) is 14.7. The van der Waals surface area contributed by atoms with Gasteiger partial charge in [-0.1, -0.05) is 12.1 Å². The molecule has 0 radical (unpaired) electrons. The normalized spacial score (nSPS) is 14.7. The number of piperazine rings is 1. The summed E-state index contributed by atoms with van der Waals surface area (Å²) in [6.45, 7) is 3.76. The predicted molar refractivity (Wildman–Crippen MR) is 116 cm³/mol. The van der Waals surface area contributed by atoms with Crippen LogP contribution in [0.4, 0.5) is 5.69 Å². The largest absolute Gasteiger partial charge is 0.495 e. The number of rotatable bonds is 6. The van der Waals surface area contributed by atoms with E-state index in [-0.39, 0.29) is 5.56 Å². The van der Waals surface area contributed by atoms with Gasteiger partial charge in [0.05, 0.1) is 45.3 Å². The number of aromatic nitrogens is 2. The summed E-state index contributed by atoms with van der Waals surface area (Å²) in [6, 6.07) is 11.6. The maximum atomic E-state index is 13.1. The summed E-state index contributed by atoms with van der Waals surface area (Å²) in [5.74, 6) is 1.85. The van der Waals surface area contributed by atoms with Gasteiger partial charge in [0.1, 0.15) is 5.75 Å². The van der Waals surface area contributed by atoms with Crippen molar-refractivity contribution in [2.45, 2.75) is 6.67 Å². The topological polar surface area (TPSA) is 69.1 Å². The first-order valence-electron chi connectivity index (χ1n) is 9.87. The number of para-hydroxylation sites is 2. The third-order valence-corrected chi connectivity index (χ3v) is 5.49. The Morgan fingerprint density at radius 2 is 1.63 bits per heavy atom. The van der Waals surface area contributed by atoms with E-state index >= 15 is 0 Å². The molecule has 0 bridgehead atoms. The van der Waals surface area contributed by atoms with Gasteiger partial charge in [-0.25, -0.2) is 4.68 Å². The van der Waals surface area contributed by atoms with Crippen LogP contribution in [-0.4, -0.2) is 62.2 Å². The Morgan fingerprint density at radius 3 is 2.33 bits per heavy atom. The van der Waals surface area contributed by atoms with Crippen LogP contribution in [-0.2, 0) is 6.67 Å². The van der Waals surface area contributed by atoms with Gasteiger partial charge in [-0.05, 0) is 24.3 Å². The van der Waals surface area contributed by atoms with Gasteiger partial charge in [0.25, 0.3) is 5.56 Å². The Labute approximate surface area is 175 Å². The van der Waals surface area contributed by atoms with Crippen molar-refractivity contribution in [3.63, 3.8) is 0 Å². The second kappa shape index (κ2) is 8.62. The summed E-state index contributed by atoms with van der Waals surface area (Å²) in [6.07, 6.45) is 1.70. The molecule has 0 spiro atoms. The third-order valence-electron chi connectivity index (χ3n) is 5.49. The van der Waals surface area contributed by atoms with E-state index in [9.17, 15) is 4.79 Å². The molecular formula is C22H26N4O4. The van der Waals surface area contributed by atoms with Crippen LogP contribution in [0.25, 0.3) is 10.8 Å². The van der Waals surface area contributed by atoms with Gasteiger partial charge in [-0.15, -0.1) is 0 Å². The number of hydrogen-bond donors (Lipinski definition) is 0. The minimum atomic E-state index is -0.185. The van der Waals surface area contributed by atoms with Crippen LogP contribution in [0.5, 0.6) is 17.2 Å². The minimum absolute atomic E-state index is 0.185. The molecule has 0 aliphatic carbocycles. The lowest BCUT2D eigenvalue weighted by molar-refractivity contribution is 0.191. The molecule has 0 unspecified atom stereocenters. The van der Waals surface area contributed by atoms with Crippen LogP contribution in [0.15, 0.2) is 47.4 Å². The summed E-state index contributed by atoms with van der Waals surface area (Å²) in [4.78, 5) is 17.7. The van der Waals surface area contributed by atoms with Crippen molar-refractivity contribution < 1.29 is 14.2 Å². The van der Waals surface area contributed by atoms with Crippen LogP contribution in [0.1, 0.15) is 0 Å². The molecule has 1 aromatic heterocycles. The predicted octanol–water partition coefficient (Wildman–Crippen LogP) is 2.20. The number of ether oxygens (including phenoxy) is 3. The summed E-state index contributed by atoms with van der Waals surface area (Å²) >= 11 is 0. The fourth-order valence-electron chi connectivity index (χ4n) is 3.90. The lowest BCUT2D eigenvalue weighted by Gasteiger charge is -2.36. The van der Waals surface area contributed by atoms with E-state index in [2.05, 4.69) is 21.0 Å². The Kier molecular flexibility index (Phi) is 5.76. The number of hydrogen-bond acceptors (Lipinski definition) is 7. The fraction of sp³-hybridized carbons (Fsp3) is 0.364. The average molecular weight is 410 g/mol. The van der Waals surface area contributed by atoms with E-state index in [0.717, 1.165) is 43.0 Å². The highest BCUT2D eigenvalue weighted by atomic mass is 16.5. The quantitative estimate of drug-likeness (QED) is 0.617. The molecule has 1 aliphatic rings. The molecule has 0 N–H and O–H groups in total. The summed E-state index contributed by atoms with van der Waals surface area (Å²) in [7, 11) is 4.79. The summed E-state index contributed by atoms with van der Waals surface area (Å²) in [5, 5.41) is 5.59. The zero-order chi connectivity index (χ0) is 21.1. The zero-order valence-electron chi connectivity index (χ0n) is 17.5. The third kappa shape index (κ3) is 3.66. The Morgan fingerprint density at radius 1 is 0.900 bits per heavy atom. The molecule has 4 rings (SSSR count). The van der Waals surface area contributed by atoms with Gasteiger partial charge >= 0.3 is 0 Å². The van der Waals surface area contributed by atoms with Crippen molar-refractivity contribution in [1.29, 1.82) is 0 Å². The van der Waals surface area contributed by atoms with Crippen LogP contribution in [0, 0.1) is 0 Å². The minimum Gasteiger partial charge on any atom is -0.495 e. The van der Waals surface area contributed by atoms with Gasteiger partial charge in [-0.3, -0.25) is 9.69 Å². The SMILES string of the molecule is COc1ccccc1N1CCN(Cn2ncc3ccc(OC)c(OC)c3c2=O)CC1. The number of methoxy groups -OCH3 is 3. The van der Waals surface area contributed by atoms with Crippen molar-refractivity contribution in [2.24, 2.45) is 0 Å². The Balaban J connectivity index is 1.53. The molecule has 30 heavy (non-hydrogen) atoms. The van der Waals surface area contributed by atoms with Gasteiger partial charge in [-0.2, -0.15) is 5.10 Å². The van der Waals surface area contributed by atoms with Crippen LogP contribution in [0.2, 0.25) is 0 Å². The van der Waals surface area contributed by atoms with Crippen LogP contribution in [0.3, 0.4) is 0 Å². The molecule has 2 aromatic carbocycles. The average Bonchev–Trinajstić information content (AvgIpc) is 2.80. The van der Waals surface area contributed by atoms with E-state index in [0.29, 0.717) is 23.6 Å². The molecule has 8 nitrogen and oxygen atoms in total. The van der Waals surface area contributed by atoms with Crippen molar-refractivity contribution in [1.82, 2.24) is 14.7 Å². The Bertz CT molecular complexity index is 1090. The van der Waals surface area contributed by atoms with E-state index in [4.69, 9.17) is 14.2 Å². The van der Waals surface area contributed by atoms with Crippen molar-refractivity contribution in [2.75, 3.05) is 52.4 Å². The van der Waals surface area contributed by atoms with Gasteiger partial charge in [0.2, 0.25) is 0 Å². The molecular weight excluding hydrogens is 384 g/mol. The van der Waals surface area contributed by atoms with Crippen molar-refractivity contribution in [3.05, 3.63) is 52.9 Å². The molecule has 0 amide bonds. The molecule has 0 saturated carbocycles. The molecule has 0 atom stereocenters. The first-order valence-corrected chi connectivity index (χ1v) is 9.87. The van der Waals surface area contributed by atoms with E-state index in [1.54, 1.807) is 33.6 Å². The molecule has 1 aliphatic heterocycles. The maximum Gasteiger partial charge on any atom is 0.279 e. The van der Waals surface area contributed by atoms with Gasteiger partial charge in [0.15, 0.2) is 11.5 Å². The fourth-order valence-corrected chi connectivity index (χ4v) is 3.90. The number of nitrogens with zero attached hydrogens (tertiary/aromatic N) is 4. The number of anilines is 1. The lowest BCUT2D eigenvalue weighted by atomic mass is 10.1. The summed E-state index contributed by atoms with van der Waals surface area (Å²) < 4.78 is 17.8. The Hall–Kier alpha value is -3.26. The maximum absolute atomic E-state index is 13.1. The molecule has 8 heteroatoms. The molecule has 1 saturated heterocycles. The standard InChI is InChI=1S/C22H26N4O4/c1-28-18-7-5-4-6-17(18)25-12-10-24(11-13-25)15-26-22(27)20-16(14-23-26)8-9-19(29-2)21(20)30-3/h4-9,14H,10-13,15H2,1-3H3. The van der Waals surface area contributed by atoms with Crippen molar-refractivity contribution >= 4 is 16.5 Å². The van der Waals surface area contributed by atoms with E-state index in [1.165, 1.54) is 4.68 Å². The van der Waals surface area contributed by atoms with E-state index < -0.39 is 0 Å². The first kappa shape index (κ1) is 20.0. The van der Waals surface area contributed by atoms with E-state index in [1.807, 2.05) is 24.3 Å². The number of benzene rings is 2. The monoisotopic (exact) mass is 410 g/mol. The van der Waals surface area contributed by atoms with Gasteiger partial charge < -0.3 is 19.1 Å². The summed E-state index contributed by atoms with van der Waals surface area (Å²) in [5.41, 5.74) is 0.910. The smallest absolute Gasteiger partial charge is 0.279 e. The molecule has 2 heterocycles. The molecule has 3 aromatic rings. The zero-order valence-corrected chi connectivity index (χ0v) is 17.5. The second-order valence-electron chi connectivity index (χ2n) is 7.13. The van der Waals surface area contributed by atoms with Gasteiger partial charge in [0, 0.05) is 31.6 Å². The number of fused-ring (bicyclic) bond motifs is 1. The van der Waals surface area contributed by atoms with Crippen molar-refractivity contribution in [3.8, 4) is 17.2 Å². The van der Waals surface area contributed by atoms with Crippen LogP contribution >= 0.6 is 0 Å².